The van der Waals surface area contributed by atoms with Crippen LogP contribution < -0.4 is 5.73 Å². The third kappa shape index (κ3) is 3.61. The first kappa shape index (κ1) is 17.0. The quantitative estimate of drug-likeness (QED) is 0.903. The third-order valence-electron chi connectivity index (χ3n) is 5.26. The minimum absolute atomic E-state index is 0.0463. The highest BCUT2D eigenvalue weighted by Crippen LogP contribution is 2.28. The maximum atomic E-state index is 12.9. The van der Waals surface area contributed by atoms with Crippen LogP contribution in [0.4, 0.5) is 0 Å². The first-order valence-corrected chi connectivity index (χ1v) is 9.03. The number of hydrogen-bond acceptors (Lipinski definition) is 3. The van der Waals surface area contributed by atoms with Crippen LogP contribution in [0.1, 0.15) is 48.9 Å². The molecule has 2 fully saturated rings. The lowest BCUT2D eigenvalue weighted by Crippen LogP contribution is -2.56. The summed E-state index contributed by atoms with van der Waals surface area (Å²) < 4.78 is 0. The van der Waals surface area contributed by atoms with E-state index in [0.717, 1.165) is 32.1 Å². The molecule has 1 saturated carbocycles. The lowest BCUT2D eigenvalue weighted by atomic mass is 9.81. The standard InChI is InChI=1S/C19H27N3O2/c20-19(10-5-2-6-11-19)18(24)22-13-7-12-21(14-15-22)17(23)16-8-3-1-4-9-16/h1,3-4,8-9H,2,5-7,10-15,20H2. The summed E-state index contributed by atoms with van der Waals surface area (Å²) in [6.07, 6.45) is 5.62. The third-order valence-corrected chi connectivity index (χ3v) is 5.26. The largest absolute Gasteiger partial charge is 0.339 e. The maximum absolute atomic E-state index is 12.9. The number of nitrogens with two attached hydrogens (primary N) is 1. The molecule has 1 aliphatic heterocycles. The van der Waals surface area contributed by atoms with Gasteiger partial charge in [-0.3, -0.25) is 9.59 Å². The molecule has 1 heterocycles. The molecule has 1 saturated heterocycles. The normalized spacial score (nSPS) is 21.2. The zero-order valence-electron chi connectivity index (χ0n) is 14.2. The van der Waals surface area contributed by atoms with Gasteiger partial charge in [-0.1, -0.05) is 37.5 Å². The Hall–Kier alpha value is -1.88. The second-order valence-corrected chi connectivity index (χ2v) is 7.02. The summed E-state index contributed by atoms with van der Waals surface area (Å²) in [5, 5.41) is 0. The summed E-state index contributed by atoms with van der Waals surface area (Å²) in [5.41, 5.74) is 6.42. The molecule has 2 aliphatic rings. The topological polar surface area (TPSA) is 66.6 Å². The Morgan fingerprint density at radius 3 is 2.17 bits per heavy atom. The fraction of sp³-hybridized carbons (Fsp3) is 0.579. The molecule has 2 amide bonds. The highest BCUT2D eigenvalue weighted by atomic mass is 16.2. The molecule has 5 heteroatoms. The van der Waals surface area contributed by atoms with Crippen LogP contribution >= 0.6 is 0 Å². The molecule has 0 unspecified atom stereocenters. The van der Waals surface area contributed by atoms with Crippen molar-refractivity contribution in [2.75, 3.05) is 26.2 Å². The second kappa shape index (κ2) is 7.34. The van der Waals surface area contributed by atoms with Gasteiger partial charge in [0.2, 0.25) is 5.91 Å². The number of amides is 2. The fourth-order valence-corrected chi connectivity index (χ4v) is 3.80. The molecule has 130 valence electrons. The zero-order chi connectivity index (χ0) is 17.0. The molecular weight excluding hydrogens is 302 g/mol. The second-order valence-electron chi connectivity index (χ2n) is 7.02. The van der Waals surface area contributed by atoms with E-state index < -0.39 is 5.54 Å². The minimum Gasteiger partial charge on any atom is -0.339 e. The average molecular weight is 329 g/mol. The van der Waals surface area contributed by atoms with E-state index in [9.17, 15) is 9.59 Å². The van der Waals surface area contributed by atoms with Gasteiger partial charge in [-0.15, -0.1) is 0 Å². The highest BCUT2D eigenvalue weighted by Gasteiger charge is 2.38. The number of benzene rings is 1. The molecule has 0 bridgehead atoms. The van der Waals surface area contributed by atoms with Gasteiger partial charge in [0.15, 0.2) is 0 Å². The average Bonchev–Trinajstić information content (AvgIpc) is 2.88. The number of nitrogens with zero attached hydrogens (tertiary/aromatic N) is 2. The fourth-order valence-electron chi connectivity index (χ4n) is 3.80. The Labute approximate surface area is 143 Å². The summed E-state index contributed by atoms with van der Waals surface area (Å²) >= 11 is 0. The lowest BCUT2D eigenvalue weighted by molar-refractivity contribution is -0.138. The Morgan fingerprint density at radius 2 is 1.46 bits per heavy atom. The first-order valence-electron chi connectivity index (χ1n) is 9.03. The predicted molar refractivity (Wildman–Crippen MR) is 93.5 cm³/mol. The van der Waals surface area contributed by atoms with Crippen molar-refractivity contribution in [3.05, 3.63) is 35.9 Å². The van der Waals surface area contributed by atoms with Crippen LogP contribution in [-0.2, 0) is 4.79 Å². The van der Waals surface area contributed by atoms with Crippen LogP contribution in [0.3, 0.4) is 0 Å². The monoisotopic (exact) mass is 329 g/mol. The molecule has 0 radical (unpaired) electrons. The maximum Gasteiger partial charge on any atom is 0.253 e. The van der Waals surface area contributed by atoms with E-state index in [1.165, 1.54) is 6.42 Å². The van der Waals surface area contributed by atoms with Crippen LogP contribution in [0.15, 0.2) is 30.3 Å². The summed E-state index contributed by atoms with van der Waals surface area (Å²) in [6, 6.07) is 9.34. The van der Waals surface area contributed by atoms with Crippen molar-refractivity contribution in [1.82, 2.24) is 9.80 Å². The van der Waals surface area contributed by atoms with Crippen molar-refractivity contribution in [3.63, 3.8) is 0 Å². The Morgan fingerprint density at radius 1 is 0.833 bits per heavy atom. The van der Waals surface area contributed by atoms with Crippen molar-refractivity contribution in [3.8, 4) is 0 Å². The van der Waals surface area contributed by atoms with E-state index >= 15 is 0 Å². The van der Waals surface area contributed by atoms with Crippen LogP contribution in [0.2, 0.25) is 0 Å². The van der Waals surface area contributed by atoms with Gasteiger partial charge >= 0.3 is 0 Å². The van der Waals surface area contributed by atoms with Crippen molar-refractivity contribution < 1.29 is 9.59 Å². The van der Waals surface area contributed by atoms with Crippen LogP contribution in [0.5, 0.6) is 0 Å². The molecule has 0 aromatic heterocycles. The van der Waals surface area contributed by atoms with Gasteiger partial charge in [0, 0.05) is 31.7 Å². The number of hydrogen-bond donors (Lipinski definition) is 1. The van der Waals surface area contributed by atoms with E-state index in [1.54, 1.807) is 0 Å². The molecule has 1 aromatic rings. The molecule has 5 nitrogen and oxygen atoms in total. The summed E-state index contributed by atoms with van der Waals surface area (Å²) in [7, 11) is 0. The van der Waals surface area contributed by atoms with Crippen molar-refractivity contribution in [1.29, 1.82) is 0 Å². The molecule has 2 N–H and O–H groups in total. The molecule has 0 atom stereocenters. The molecular formula is C19H27N3O2. The minimum atomic E-state index is -0.684. The van der Waals surface area contributed by atoms with Crippen LogP contribution in [0, 0.1) is 0 Å². The molecule has 1 aromatic carbocycles. The summed E-state index contributed by atoms with van der Waals surface area (Å²) in [5.74, 6) is 0.126. The SMILES string of the molecule is NC1(C(=O)N2CCCN(C(=O)c3ccccc3)CC2)CCCCC1. The lowest BCUT2D eigenvalue weighted by Gasteiger charge is -2.36. The smallest absolute Gasteiger partial charge is 0.253 e. The summed E-state index contributed by atoms with van der Waals surface area (Å²) in [4.78, 5) is 29.2. The number of carbonyl (C=O) groups excluding carboxylic acids is 2. The van der Waals surface area contributed by atoms with E-state index in [-0.39, 0.29) is 11.8 Å². The van der Waals surface area contributed by atoms with E-state index in [0.29, 0.717) is 31.7 Å². The molecule has 0 spiro atoms. The van der Waals surface area contributed by atoms with E-state index in [4.69, 9.17) is 5.73 Å². The van der Waals surface area contributed by atoms with Gasteiger partial charge in [-0.25, -0.2) is 0 Å². The highest BCUT2D eigenvalue weighted by molar-refractivity contribution is 5.94. The molecule has 3 rings (SSSR count). The van der Waals surface area contributed by atoms with Gasteiger partial charge in [-0.05, 0) is 31.4 Å². The van der Waals surface area contributed by atoms with Gasteiger partial charge in [-0.2, -0.15) is 0 Å². The molecule has 24 heavy (non-hydrogen) atoms. The van der Waals surface area contributed by atoms with Gasteiger partial charge in [0.1, 0.15) is 0 Å². The number of rotatable bonds is 2. The molecule has 1 aliphatic carbocycles. The number of carbonyl (C=O) groups is 2. The Balaban J connectivity index is 1.62. The van der Waals surface area contributed by atoms with Crippen molar-refractivity contribution >= 4 is 11.8 Å². The van der Waals surface area contributed by atoms with E-state index in [1.807, 2.05) is 40.1 Å². The Kier molecular flexibility index (Phi) is 5.19. The van der Waals surface area contributed by atoms with Gasteiger partial charge in [0.05, 0.1) is 5.54 Å². The predicted octanol–water partition coefficient (Wildman–Crippen LogP) is 2.02. The Bertz CT molecular complexity index is 582. The summed E-state index contributed by atoms with van der Waals surface area (Å²) in [6.45, 7) is 2.54. The van der Waals surface area contributed by atoms with Crippen molar-refractivity contribution in [2.24, 2.45) is 5.73 Å². The van der Waals surface area contributed by atoms with Crippen LogP contribution in [-0.4, -0.2) is 53.3 Å². The van der Waals surface area contributed by atoms with E-state index in [2.05, 4.69) is 0 Å². The zero-order valence-corrected chi connectivity index (χ0v) is 14.2. The van der Waals surface area contributed by atoms with Gasteiger partial charge < -0.3 is 15.5 Å². The van der Waals surface area contributed by atoms with Gasteiger partial charge in [0.25, 0.3) is 5.91 Å². The van der Waals surface area contributed by atoms with Crippen LogP contribution in [0.25, 0.3) is 0 Å². The first-order chi connectivity index (χ1) is 11.6. The van der Waals surface area contributed by atoms with Crippen molar-refractivity contribution in [2.45, 2.75) is 44.1 Å².